The normalized spacial score (nSPS) is 9.77. The molecule has 70 valence electrons. The molecule has 2 heteroatoms. The van der Waals surface area contributed by atoms with Crippen molar-refractivity contribution >= 4 is 21.7 Å². The van der Waals surface area contributed by atoms with Crippen molar-refractivity contribution in [1.82, 2.24) is 0 Å². The maximum Gasteiger partial charge on any atom is 0.119 e. The van der Waals surface area contributed by atoms with Crippen LogP contribution in [0.2, 0.25) is 0 Å². The average molecular weight is 241 g/mol. The molecular weight excluding hydrogens is 228 g/mol. The van der Waals surface area contributed by atoms with Crippen LogP contribution in [0.4, 0.5) is 0 Å². The standard InChI is InChI=1S/C11H13BrO/c1-8-4-5-11(9(2)13-3)10(6-8)7-12/h4-6H,2,7H2,1,3H3. The molecule has 1 nitrogen and oxygen atoms in total. The summed E-state index contributed by atoms with van der Waals surface area (Å²) in [4.78, 5) is 0. The zero-order valence-corrected chi connectivity index (χ0v) is 9.52. The first-order chi connectivity index (χ1) is 6.19. The molecule has 0 aliphatic carbocycles. The third kappa shape index (κ3) is 2.34. The molecule has 1 aromatic rings. The summed E-state index contributed by atoms with van der Waals surface area (Å²) >= 11 is 3.44. The Morgan fingerprint density at radius 2 is 2.23 bits per heavy atom. The van der Waals surface area contributed by atoms with Crippen LogP contribution >= 0.6 is 15.9 Å². The monoisotopic (exact) mass is 240 g/mol. The maximum atomic E-state index is 5.10. The number of alkyl halides is 1. The fraction of sp³-hybridized carbons (Fsp3) is 0.273. The zero-order valence-electron chi connectivity index (χ0n) is 7.93. The highest BCUT2D eigenvalue weighted by atomic mass is 79.9. The third-order valence-electron chi connectivity index (χ3n) is 1.95. The van der Waals surface area contributed by atoms with Gasteiger partial charge in [0.2, 0.25) is 0 Å². The van der Waals surface area contributed by atoms with Crippen molar-refractivity contribution in [3.05, 3.63) is 41.5 Å². The van der Waals surface area contributed by atoms with E-state index in [0.29, 0.717) is 0 Å². The molecule has 1 rings (SSSR count). The predicted octanol–water partition coefficient (Wildman–Crippen LogP) is 3.51. The van der Waals surface area contributed by atoms with Gasteiger partial charge in [-0.05, 0) is 12.5 Å². The lowest BCUT2D eigenvalue weighted by Crippen LogP contribution is -1.92. The maximum absolute atomic E-state index is 5.10. The van der Waals surface area contributed by atoms with Crippen LogP contribution < -0.4 is 0 Å². The Bertz CT molecular complexity index is 318. The van der Waals surface area contributed by atoms with Gasteiger partial charge >= 0.3 is 0 Å². The van der Waals surface area contributed by atoms with Crippen molar-refractivity contribution in [2.45, 2.75) is 12.3 Å². The topological polar surface area (TPSA) is 9.23 Å². The van der Waals surface area contributed by atoms with Crippen molar-refractivity contribution in [2.24, 2.45) is 0 Å². The van der Waals surface area contributed by atoms with Gasteiger partial charge < -0.3 is 4.74 Å². The van der Waals surface area contributed by atoms with Crippen LogP contribution in [0.15, 0.2) is 24.8 Å². The molecule has 0 aliphatic rings. The highest BCUT2D eigenvalue weighted by Crippen LogP contribution is 2.21. The van der Waals surface area contributed by atoms with Gasteiger partial charge in [-0.2, -0.15) is 0 Å². The van der Waals surface area contributed by atoms with Crippen LogP contribution in [0, 0.1) is 6.92 Å². The molecule has 0 aromatic heterocycles. The molecule has 0 saturated carbocycles. The number of hydrogen-bond donors (Lipinski definition) is 0. The van der Waals surface area contributed by atoms with E-state index >= 15 is 0 Å². The summed E-state index contributed by atoms with van der Waals surface area (Å²) in [6, 6.07) is 6.23. The summed E-state index contributed by atoms with van der Waals surface area (Å²) in [5.74, 6) is 0.717. The van der Waals surface area contributed by atoms with Crippen LogP contribution in [0.1, 0.15) is 16.7 Å². The Morgan fingerprint density at radius 3 is 2.77 bits per heavy atom. The first kappa shape index (κ1) is 10.3. The molecule has 0 amide bonds. The van der Waals surface area contributed by atoms with E-state index in [0.717, 1.165) is 16.7 Å². The molecule has 1 aromatic carbocycles. The van der Waals surface area contributed by atoms with E-state index in [4.69, 9.17) is 4.74 Å². The Morgan fingerprint density at radius 1 is 1.54 bits per heavy atom. The second-order valence-electron chi connectivity index (χ2n) is 2.92. The summed E-state index contributed by atoms with van der Waals surface area (Å²) < 4.78 is 5.10. The summed E-state index contributed by atoms with van der Waals surface area (Å²) in [7, 11) is 1.64. The van der Waals surface area contributed by atoms with E-state index in [2.05, 4.69) is 41.6 Å². The van der Waals surface area contributed by atoms with Gasteiger partial charge in [0.05, 0.1) is 7.11 Å². The fourth-order valence-corrected chi connectivity index (χ4v) is 1.68. The highest BCUT2D eigenvalue weighted by Gasteiger charge is 2.04. The Hall–Kier alpha value is -0.760. The lowest BCUT2D eigenvalue weighted by Gasteiger charge is -2.09. The van der Waals surface area contributed by atoms with Crippen molar-refractivity contribution < 1.29 is 4.74 Å². The number of methoxy groups -OCH3 is 1. The van der Waals surface area contributed by atoms with E-state index in [1.807, 2.05) is 6.07 Å². The Labute approximate surface area is 87.5 Å². The molecule has 0 unspecified atom stereocenters. The molecule has 0 atom stereocenters. The quantitative estimate of drug-likeness (QED) is 0.581. The molecule has 0 N–H and O–H groups in total. The molecule has 0 bridgehead atoms. The van der Waals surface area contributed by atoms with Crippen LogP contribution in [-0.2, 0) is 10.1 Å². The average Bonchev–Trinajstić information content (AvgIpc) is 2.16. The second kappa shape index (κ2) is 4.47. The first-order valence-corrected chi connectivity index (χ1v) is 5.20. The molecule has 0 radical (unpaired) electrons. The molecule has 0 aliphatic heterocycles. The fourth-order valence-electron chi connectivity index (χ4n) is 1.22. The second-order valence-corrected chi connectivity index (χ2v) is 3.48. The van der Waals surface area contributed by atoms with E-state index in [9.17, 15) is 0 Å². The van der Waals surface area contributed by atoms with Crippen molar-refractivity contribution in [1.29, 1.82) is 0 Å². The Kier molecular flexibility index (Phi) is 3.55. The van der Waals surface area contributed by atoms with Crippen molar-refractivity contribution in [2.75, 3.05) is 7.11 Å². The minimum atomic E-state index is 0.717. The lowest BCUT2D eigenvalue weighted by molar-refractivity contribution is 0.371. The van der Waals surface area contributed by atoms with Gasteiger partial charge in [0.1, 0.15) is 5.76 Å². The van der Waals surface area contributed by atoms with E-state index in [-0.39, 0.29) is 0 Å². The SMILES string of the molecule is C=C(OC)c1ccc(C)cc1CBr. The Balaban J connectivity index is 3.13. The van der Waals surface area contributed by atoms with E-state index in [1.54, 1.807) is 7.11 Å². The number of ether oxygens (including phenoxy) is 1. The van der Waals surface area contributed by atoms with Gasteiger partial charge in [-0.1, -0.05) is 46.3 Å². The number of hydrogen-bond acceptors (Lipinski definition) is 1. The van der Waals surface area contributed by atoms with Crippen LogP contribution in [-0.4, -0.2) is 7.11 Å². The van der Waals surface area contributed by atoms with Crippen LogP contribution in [0.3, 0.4) is 0 Å². The van der Waals surface area contributed by atoms with Gasteiger partial charge in [-0.3, -0.25) is 0 Å². The van der Waals surface area contributed by atoms with Crippen molar-refractivity contribution in [3.63, 3.8) is 0 Å². The molecule has 0 saturated heterocycles. The van der Waals surface area contributed by atoms with Gasteiger partial charge in [0, 0.05) is 10.9 Å². The molecule has 13 heavy (non-hydrogen) atoms. The predicted molar refractivity (Wildman–Crippen MR) is 59.9 cm³/mol. The van der Waals surface area contributed by atoms with Gasteiger partial charge in [-0.15, -0.1) is 0 Å². The van der Waals surface area contributed by atoms with Crippen LogP contribution in [0.25, 0.3) is 5.76 Å². The van der Waals surface area contributed by atoms with Gasteiger partial charge in [0.15, 0.2) is 0 Å². The number of aryl methyl sites for hydroxylation is 1. The highest BCUT2D eigenvalue weighted by molar-refractivity contribution is 9.08. The largest absolute Gasteiger partial charge is 0.497 e. The number of halogens is 1. The summed E-state index contributed by atoms with van der Waals surface area (Å²) in [6.07, 6.45) is 0. The molecule has 0 spiro atoms. The number of benzene rings is 1. The van der Waals surface area contributed by atoms with E-state index < -0.39 is 0 Å². The number of rotatable bonds is 3. The van der Waals surface area contributed by atoms with E-state index in [1.165, 1.54) is 11.1 Å². The smallest absolute Gasteiger partial charge is 0.119 e. The minimum Gasteiger partial charge on any atom is -0.497 e. The molecule has 0 fully saturated rings. The minimum absolute atomic E-state index is 0.717. The summed E-state index contributed by atoms with van der Waals surface area (Å²) in [5, 5.41) is 0.826. The molecule has 0 heterocycles. The van der Waals surface area contributed by atoms with Crippen LogP contribution in [0.5, 0.6) is 0 Å². The summed E-state index contributed by atoms with van der Waals surface area (Å²) in [5.41, 5.74) is 3.54. The van der Waals surface area contributed by atoms with Gasteiger partial charge in [-0.25, -0.2) is 0 Å². The lowest BCUT2D eigenvalue weighted by atomic mass is 10.0. The van der Waals surface area contributed by atoms with Crippen molar-refractivity contribution in [3.8, 4) is 0 Å². The third-order valence-corrected chi connectivity index (χ3v) is 2.56. The van der Waals surface area contributed by atoms with Gasteiger partial charge in [0.25, 0.3) is 0 Å². The first-order valence-electron chi connectivity index (χ1n) is 4.07. The summed E-state index contributed by atoms with van der Waals surface area (Å²) in [6.45, 7) is 5.91. The zero-order chi connectivity index (χ0) is 9.84. The molecular formula is C11H13BrO.